The van der Waals surface area contributed by atoms with Gasteiger partial charge in [-0.3, -0.25) is 0 Å². The van der Waals surface area contributed by atoms with Crippen LogP contribution in [0.25, 0.3) is 0 Å². The van der Waals surface area contributed by atoms with Gasteiger partial charge in [0, 0.05) is 6.54 Å². The standard InChI is InChI=1S/C14H29NO/c1-4-10-15-11-14(3,16)13-9-7-6-8-12(13)5-2/h12-13,15-16H,4-11H2,1-3H3. The van der Waals surface area contributed by atoms with Crippen LogP contribution in [0.3, 0.4) is 0 Å². The molecule has 0 radical (unpaired) electrons. The normalized spacial score (nSPS) is 30.0. The number of rotatable bonds is 6. The molecule has 2 N–H and O–H groups in total. The van der Waals surface area contributed by atoms with E-state index in [0.29, 0.717) is 5.92 Å². The van der Waals surface area contributed by atoms with Gasteiger partial charge in [0.25, 0.3) is 0 Å². The Hall–Kier alpha value is -0.0800. The van der Waals surface area contributed by atoms with Crippen molar-refractivity contribution in [1.82, 2.24) is 5.32 Å². The van der Waals surface area contributed by atoms with E-state index in [4.69, 9.17) is 0 Å². The summed E-state index contributed by atoms with van der Waals surface area (Å²) in [6, 6.07) is 0. The summed E-state index contributed by atoms with van der Waals surface area (Å²) in [4.78, 5) is 0. The number of hydrogen-bond donors (Lipinski definition) is 2. The maximum atomic E-state index is 10.6. The van der Waals surface area contributed by atoms with Gasteiger partial charge in [-0.25, -0.2) is 0 Å². The van der Waals surface area contributed by atoms with Crippen molar-refractivity contribution in [2.75, 3.05) is 13.1 Å². The molecule has 1 aliphatic rings. The SMILES string of the molecule is CCCNCC(C)(O)C1CCCCC1CC. The predicted molar refractivity (Wildman–Crippen MR) is 69.5 cm³/mol. The van der Waals surface area contributed by atoms with Crippen molar-refractivity contribution >= 4 is 0 Å². The zero-order chi connectivity index (χ0) is 12.0. The number of hydrogen-bond acceptors (Lipinski definition) is 2. The van der Waals surface area contributed by atoms with E-state index >= 15 is 0 Å². The number of nitrogens with one attached hydrogen (secondary N) is 1. The molecule has 0 aromatic heterocycles. The summed E-state index contributed by atoms with van der Waals surface area (Å²) in [5.41, 5.74) is -0.518. The molecular weight excluding hydrogens is 198 g/mol. The summed E-state index contributed by atoms with van der Waals surface area (Å²) in [6.45, 7) is 8.21. The molecule has 3 unspecified atom stereocenters. The quantitative estimate of drug-likeness (QED) is 0.684. The lowest BCUT2D eigenvalue weighted by atomic mass is 9.69. The van der Waals surface area contributed by atoms with Crippen LogP contribution in [-0.4, -0.2) is 23.8 Å². The van der Waals surface area contributed by atoms with Crippen LogP contribution < -0.4 is 5.32 Å². The molecule has 0 aromatic rings. The van der Waals surface area contributed by atoms with E-state index in [0.717, 1.165) is 25.4 Å². The Morgan fingerprint density at radius 3 is 2.56 bits per heavy atom. The molecule has 2 heteroatoms. The molecule has 1 fully saturated rings. The minimum absolute atomic E-state index is 0.496. The van der Waals surface area contributed by atoms with Gasteiger partial charge in [-0.15, -0.1) is 0 Å². The summed E-state index contributed by atoms with van der Waals surface area (Å²) in [7, 11) is 0. The van der Waals surface area contributed by atoms with Gasteiger partial charge in [-0.05, 0) is 38.1 Å². The molecule has 0 heterocycles. The molecule has 0 aromatic carbocycles. The molecule has 2 nitrogen and oxygen atoms in total. The Labute approximate surface area is 101 Å². The lowest BCUT2D eigenvalue weighted by Gasteiger charge is -2.41. The summed E-state index contributed by atoms with van der Waals surface area (Å²) >= 11 is 0. The first-order valence-electron chi connectivity index (χ1n) is 7.05. The maximum Gasteiger partial charge on any atom is 0.0774 e. The smallest absolute Gasteiger partial charge is 0.0774 e. The van der Waals surface area contributed by atoms with Crippen molar-refractivity contribution < 1.29 is 5.11 Å². The first-order chi connectivity index (χ1) is 7.61. The Bertz CT molecular complexity index is 191. The van der Waals surface area contributed by atoms with Gasteiger partial charge in [-0.1, -0.05) is 39.5 Å². The molecule has 96 valence electrons. The molecule has 1 rings (SSSR count). The molecule has 0 saturated heterocycles. The highest BCUT2D eigenvalue weighted by Crippen LogP contribution is 2.38. The van der Waals surface area contributed by atoms with Gasteiger partial charge in [0.15, 0.2) is 0 Å². The van der Waals surface area contributed by atoms with Crippen molar-refractivity contribution in [1.29, 1.82) is 0 Å². The van der Waals surface area contributed by atoms with Crippen LogP contribution in [0.2, 0.25) is 0 Å². The maximum absolute atomic E-state index is 10.6. The van der Waals surface area contributed by atoms with E-state index in [1.165, 1.54) is 32.1 Å². The van der Waals surface area contributed by atoms with Gasteiger partial charge in [0.2, 0.25) is 0 Å². The van der Waals surface area contributed by atoms with Crippen molar-refractivity contribution in [2.45, 2.75) is 64.9 Å². The number of aliphatic hydroxyl groups is 1. The molecule has 0 bridgehead atoms. The van der Waals surface area contributed by atoms with Crippen LogP contribution in [0.1, 0.15) is 59.3 Å². The topological polar surface area (TPSA) is 32.3 Å². The molecular formula is C14H29NO. The third-order valence-corrected chi connectivity index (χ3v) is 4.14. The van der Waals surface area contributed by atoms with E-state index in [9.17, 15) is 5.11 Å². The van der Waals surface area contributed by atoms with Crippen LogP contribution in [-0.2, 0) is 0 Å². The van der Waals surface area contributed by atoms with Gasteiger partial charge in [-0.2, -0.15) is 0 Å². The zero-order valence-electron chi connectivity index (χ0n) is 11.3. The molecule has 16 heavy (non-hydrogen) atoms. The Morgan fingerprint density at radius 1 is 1.25 bits per heavy atom. The average Bonchev–Trinajstić information content (AvgIpc) is 2.29. The highest BCUT2D eigenvalue weighted by Gasteiger charge is 2.37. The highest BCUT2D eigenvalue weighted by molar-refractivity contribution is 4.90. The molecule has 1 saturated carbocycles. The van der Waals surface area contributed by atoms with E-state index < -0.39 is 5.60 Å². The van der Waals surface area contributed by atoms with Crippen molar-refractivity contribution in [3.05, 3.63) is 0 Å². The third kappa shape index (κ3) is 3.74. The van der Waals surface area contributed by atoms with Crippen LogP contribution in [0.4, 0.5) is 0 Å². The van der Waals surface area contributed by atoms with Crippen LogP contribution in [0.5, 0.6) is 0 Å². The summed E-state index contributed by atoms with van der Waals surface area (Å²) < 4.78 is 0. The third-order valence-electron chi connectivity index (χ3n) is 4.14. The molecule has 1 aliphatic carbocycles. The largest absolute Gasteiger partial charge is 0.389 e. The zero-order valence-corrected chi connectivity index (χ0v) is 11.3. The second-order valence-electron chi connectivity index (χ2n) is 5.59. The first kappa shape index (κ1) is 14.0. The van der Waals surface area contributed by atoms with E-state index in [-0.39, 0.29) is 0 Å². The second-order valence-corrected chi connectivity index (χ2v) is 5.59. The van der Waals surface area contributed by atoms with Crippen molar-refractivity contribution in [3.8, 4) is 0 Å². The first-order valence-corrected chi connectivity index (χ1v) is 7.05. The van der Waals surface area contributed by atoms with Gasteiger partial charge in [0.1, 0.15) is 0 Å². The van der Waals surface area contributed by atoms with Crippen LogP contribution in [0.15, 0.2) is 0 Å². The summed E-state index contributed by atoms with van der Waals surface area (Å²) in [5.74, 6) is 1.22. The van der Waals surface area contributed by atoms with Gasteiger partial charge < -0.3 is 10.4 Å². The Morgan fingerprint density at radius 2 is 1.94 bits per heavy atom. The Balaban J connectivity index is 2.49. The average molecular weight is 227 g/mol. The molecule has 3 atom stereocenters. The van der Waals surface area contributed by atoms with Crippen molar-refractivity contribution in [3.63, 3.8) is 0 Å². The Kier molecular flexibility index (Phi) is 5.77. The summed E-state index contributed by atoms with van der Waals surface area (Å²) in [6.07, 6.45) is 7.52. The molecule has 0 amide bonds. The lowest BCUT2D eigenvalue weighted by molar-refractivity contribution is -0.0418. The predicted octanol–water partition coefficient (Wildman–Crippen LogP) is 2.95. The minimum Gasteiger partial charge on any atom is -0.389 e. The molecule has 0 spiro atoms. The minimum atomic E-state index is -0.518. The molecule has 0 aliphatic heterocycles. The van der Waals surface area contributed by atoms with Crippen LogP contribution in [0, 0.1) is 11.8 Å². The lowest BCUT2D eigenvalue weighted by Crippen LogP contribution is -2.48. The van der Waals surface area contributed by atoms with E-state index in [2.05, 4.69) is 19.2 Å². The highest BCUT2D eigenvalue weighted by atomic mass is 16.3. The second kappa shape index (κ2) is 6.61. The van der Waals surface area contributed by atoms with E-state index in [1.807, 2.05) is 6.92 Å². The van der Waals surface area contributed by atoms with Gasteiger partial charge in [0.05, 0.1) is 5.60 Å². The van der Waals surface area contributed by atoms with E-state index in [1.54, 1.807) is 0 Å². The van der Waals surface area contributed by atoms with Crippen LogP contribution >= 0.6 is 0 Å². The fourth-order valence-corrected chi connectivity index (χ4v) is 3.16. The van der Waals surface area contributed by atoms with Gasteiger partial charge >= 0.3 is 0 Å². The fraction of sp³-hybridized carbons (Fsp3) is 1.00. The fourth-order valence-electron chi connectivity index (χ4n) is 3.16. The monoisotopic (exact) mass is 227 g/mol. The van der Waals surface area contributed by atoms with Crippen molar-refractivity contribution in [2.24, 2.45) is 11.8 Å². The summed E-state index contributed by atoms with van der Waals surface area (Å²) in [5, 5.41) is 14.0.